The summed E-state index contributed by atoms with van der Waals surface area (Å²) in [4.78, 5) is 13.1. The molecule has 0 fully saturated rings. The highest BCUT2D eigenvalue weighted by molar-refractivity contribution is 5.97. The molecule has 1 atom stereocenters. The fourth-order valence-electron chi connectivity index (χ4n) is 3.16. The van der Waals surface area contributed by atoms with E-state index < -0.39 is 6.04 Å². The Morgan fingerprint density at radius 2 is 1.69 bits per heavy atom. The number of benzene rings is 3. The molecule has 3 aromatic rings. The van der Waals surface area contributed by atoms with E-state index in [-0.39, 0.29) is 5.91 Å². The molecule has 0 unspecified atom stereocenters. The minimum Gasteiger partial charge on any atom is -0.497 e. The van der Waals surface area contributed by atoms with Gasteiger partial charge in [0.05, 0.1) is 7.11 Å². The predicted molar refractivity (Wildman–Crippen MR) is 112 cm³/mol. The molecular weight excluding hydrogens is 368 g/mol. The van der Waals surface area contributed by atoms with Crippen LogP contribution in [0, 0.1) is 0 Å². The van der Waals surface area contributed by atoms with Gasteiger partial charge < -0.3 is 24.8 Å². The SMILES string of the molecule is COc1cccc(NC(=O)[C@@H](Nc2ccc3c(c2)OCCO3)c2ccccc2)c1. The van der Waals surface area contributed by atoms with Crippen molar-refractivity contribution in [3.63, 3.8) is 0 Å². The molecule has 1 heterocycles. The first kappa shape index (κ1) is 18.7. The lowest BCUT2D eigenvalue weighted by molar-refractivity contribution is -0.117. The lowest BCUT2D eigenvalue weighted by atomic mass is 10.1. The van der Waals surface area contributed by atoms with Gasteiger partial charge in [0.2, 0.25) is 0 Å². The molecular formula is C23H22N2O4. The average molecular weight is 390 g/mol. The lowest BCUT2D eigenvalue weighted by Gasteiger charge is -2.23. The van der Waals surface area contributed by atoms with Crippen LogP contribution in [0.2, 0.25) is 0 Å². The molecule has 0 saturated carbocycles. The van der Waals surface area contributed by atoms with E-state index in [0.717, 1.165) is 11.3 Å². The van der Waals surface area contributed by atoms with E-state index in [1.165, 1.54) is 0 Å². The number of methoxy groups -OCH3 is 1. The van der Waals surface area contributed by atoms with Gasteiger partial charge in [-0.05, 0) is 29.8 Å². The summed E-state index contributed by atoms with van der Waals surface area (Å²) in [6.07, 6.45) is 0. The molecule has 0 aromatic heterocycles. The second-order valence-electron chi connectivity index (χ2n) is 6.57. The molecule has 2 N–H and O–H groups in total. The number of rotatable bonds is 6. The van der Waals surface area contributed by atoms with Crippen LogP contribution in [0.3, 0.4) is 0 Å². The molecule has 0 aliphatic carbocycles. The van der Waals surface area contributed by atoms with Crippen LogP contribution in [0.1, 0.15) is 11.6 Å². The molecule has 1 amide bonds. The molecule has 148 valence electrons. The zero-order valence-corrected chi connectivity index (χ0v) is 16.1. The summed E-state index contributed by atoms with van der Waals surface area (Å²) >= 11 is 0. The van der Waals surface area contributed by atoms with Crippen LogP contribution in [0.5, 0.6) is 17.2 Å². The van der Waals surface area contributed by atoms with Gasteiger partial charge in [0, 0.05) is 23.5 Å². The number of fused-ring (bicyclic) bond motifs is 1. The highest BCUT2D eigenvalue weighted by Gasteiger charge is 2.22. The first-order valence-electron chi connectivity index (χ1n) is 9.39. The van der Waals surface area contributed by atoms with E-state index in [0.29, 0.717) is 36.1 Å². The molecule has 0 saturated heterocycles. The van der Waals surface area contributed by atoms with Crippen molar-refractivity contribution >= 4 is 17.3 Å². The van der Waals surface area contributed by atoms with Crippen LogP contribution in [0.4, 0.5) is 11.4 Å². The summed E-state index contributed by atoms with van der Waals surface area (Å²) in [5.74, 6) is 1.87. The van der Waals surface area contributed by atoms with E-state index in [2.05, 4.69) is 10.6 Å². The summed E-state index contributed by atoms with van der Waals surface area (Å²) in [5, 5.41) is 6.28. The maximum atomic E-state index is 13.1. The van der Waals surface area contributed by atoms with Crippen molar-refractivity contribution in [3.8, 4) is 17.2 Å². The van der Waals surface area contributed by atoms with Crippen LogP contribution in [-0.2, 0) is 4.79 Å². The monoisotopic (exact) mass is 390 g/mol. The Hall–Kier alpha value is -3.67. The molecule has 0 bridgehead atoms. The van der Waals surface area contributed by atoms with E-state index >= 15 is 0 Å². The number of hydrogen-bond acceptors (Lipinski definition) is 5. The molecule has 1 aliphatic heterocycles. The summed E-state index contributed by atoms with van der Waals surface area (Å²) < 4.78 is 16.5. The lowest BCUT2D eigenvalue weighted by Crippen LogP contribution is -2.27. The number of hydrogen-bond donors (Lipinski definition) is 2. The molecule has 4 rings (SSSR count). The number of carbonyl (C=O) groups excluding carboxylic acids is 1. The molecule has 0 spiro atoms. The highest BCUT2D eigenvalue weighted by Crippen LogP contribution is 2.34. The van der Waals surface area contributed by atoms with Crippen molar-refractivity contribution in [2.45, 2.75) is 6.04 Å². The van der Waals surface area contributed by atoms with Gasteiger partial charge in [0.1, 0.15) is 25.0 Å². The van der Waals surface area contributed by atoms with Gasteiger partial charge in [0.25, 0.3) is 5.91 Å². The molecule has 1 aliphatic rings. The second kappa shape index (κ2) is 8.56. The number of carbonyl (C=O) groups is 1. The minimum absolute atomic E-state index is 0.181. The van der Waals surface area contributed by atoms with Gasteiger partial charge >= 0.3 is 0 Å². The quantitative estimate of drug-likeness (QED) is 0.658. The molecule has 6 heteroatoms. The summed E-state index contributed by atoms with van der Waals surface area (Å²) in [6, 6.07) is 21.8. The Balaban J connectivity index is 1.59. The smallest absolute Gasteiger partial charge is 0.251 e. The Morgan fingerprint density at radius 1 is 0.897 bits per heavy atom. The van der Waals surface area contributed by atoms with Crippen molar-refractivity contribution in [1.82, 2.24) is 0 Å². The van der Waals surface area contributed by atoms with E-state index in [9.17, 15) is 4.79 Å². The number of amides is 1. The van der Waals surface area contributed by atoms with Crippen molar-refractivity contribution in [2.75, 3.05) is 31.0 Å². The van der Waals surface area contributed by atoms with Gasteiger partial charge in [-0.25, -0.2) is 0 Å². The first-order chi connectivity index (χ1) is 14.2. The van der Waals surface area contributed by atoms with Crippen LogP contribution >= 0.6 is 0 Å². The maximum Gasteiger partial charge on any atom is 0.251 e. The van der Waals surface area contributed by atoms with Crippen LogP contribution in [-0.4, -0.2) is 26.2 Å². The zero-order valence-electron chi connectivity index (χ0n) is 16.1. The third kappa shape index (κ3) is 4.43. The third-order valence-electron chi connectivity index (χ3n) is 4.59. The topological polar surface area (TPSA) is 68.8 Å². The van der Waals surface area contributed by atoms with Crippen molar-refractivity contribution in [1.29, 1.82) is 0 Å². The Labute approximate surface area is 169 Å². The molecule has 6 nitrogen and oxygen atoms in total. The summed E-state index contributed by atoms with van der Waals surface area (Å²) in [6.45, 7) is 1.05. The number of ether oxygens (including phenoxy) is 3. The standard InChI is InChI=1S/C23H22N2O4/c1-27-19-9-5-8-17(14-19)25-23(26)22(16-6-3-2-4-7-16)24-18-10-11-20-21(15-18)29-13-12-28-20/h2-11,14-15,22,24H,12-13H2,1H3,(H,25,26)/t22-/m0/s1. The first-order valence-corrected chi connectivity index (χ1v) is 9.39. The fraction of sp³-hybridized carbons (Fsp3) is 0.174. The largest absolute Gasteiger partial charge is 0.497 e. The summed E-state index contributed by atoms with van der Waals surface area (Å²) in [5.41, 5.74) is 2.28. The average Bonchev–Trinajstić information content (AvgIpc) is 2.78. The Morgan fingerprint density at radius 3 is 2.48 bits per heavy atom. The zero-order chi connectivity index (χ0) is 20.1. The molecule has 29 heavy (non-hydrogen) atoms. The van der Waals surface area contributed by atoms with Gasteiger partial charge in [0.15, 0.2) is 11.5 Å². The predicted octanol–water partition coefficient (Wildman–Crippen LogP) is 4.26. The van der Waals surface area contributed by atoms with E-state index in [1.54, 1.807) is 13.2 Å². The maximum absolute atomic E-state index is 13.1. The normalized spacial score (nSPS) is 13.3. The van der Waals surface area contributed by atoms with Gasteiger partial charge in [-0.2, -0.15) is 0 Å². The van der Waals surface area contributed by atoms with Crippen LogP contribution < -0.4 is 24.8 Å². The highest BCUT2D eigenvalue weighted by atomic mass is 16.6. The fourth-order valence-corrected chi connectivity index (χ4v) is 3.16. The number of anilines is 2. The molecule has 0 radical (unpaired) electrons. The molecule has 3 aromatic carbocycles. The van der Waals surface area contributed by atoms with Crippen molar-refractivity contribution in [3.05, 3.63) is 78.4 Å². The Bertz CT molecular complexity index is 991. The van der Waals surface area contributed by atoms with Crippen LogP contribution in [0.25, 0.3) is 0 Å². The van der Waals surface area contributed by atoms with Gasteiger partial charge in [-0.1, -0.05) is 36.4 Å². The van der Waals surface area contributed by atoms with E-state index in [1.807, 2.05) is 66.7 Å². The van der Waals surface area contributed by atoms with Crippen LogP contribution in [0.15, 0.2) is 72.8 Å². The number of nitrogens with one attached hydrogen (secondary N) is 2. The minimum atomic E-state index is -0.593. The second-order valence-corrected chi connectivity index (χ2v) is 6.57. The van der Waals surface area contributed by atoms with Gasteiger partial charge in [-0.3, -0.25) is 4.79 Å². The Kier molecular flexibility index (Phi) is 5.52. The van der Waals surface area contributed by atoms with Crippen molar-refractivity contribution in [2.24, 2.45) is 0 Å². The van der Waals surface area contributed by atoms with E-state index in [4.69, 9.17) is 14.2 Å². The van der Waals surface area contributed by atoms with Gasteiger partial charge in [-0.15, -0.1) is 0 Å². The summed E-state index contributed by atoms with van der Waals surface area (Å²) in [7, 11) is 1.59. The third-order valence-corrected chi connectivity index (χ3v) is 4.59. The van der Waals surface area contributed by atoms with Crippen molar-refractivity contribution < 1.29 is 19.0 Å².